The van der Waals surface area contributed by atoms with Gasteiger partial charge in [0.15, 0.2) is 0 Å². The lowest BCUT2D eigenvalue weighted by Gasteiger charge is -2.13. The maximum absolute atomic E-state index is 12.0. The molecule has 0 bridgehead atoms. The van der Waals surface area contributed by atoms with Gasteiger partial charge in [0.25, 0.3) is 0 Å². The highest BCUT2D eigenvalue weighted by Gasteiger charge is 2.21. The van der Waals surface area contributed by atoms with Gasteiger partial charge in [-0.2, -0.15) is 0 Å². The minimum atomic E-state index is -3.31. The zero-order valence-corrected chi connectivity index (χ0v) is 17.5. The fraction of sp³-hybridized carbons (Fsp3) is 0.273. The number of hydrogen-bond donors (Lipinski definition) is 2. The average Bonchev–Trinajstić information content (AvgIpc) is 2.75. The Morgan fingerprint density at radius 1 is 1.10 bits per heavy atom. The Kier molecular flexibility index (Phi) is 8.61. The van der Waals surface area contributed by atoms with Gasteiger partial charge in [0.05, 0.1) is 5.75 Å². The topological polar surface area (TPSA) is 110 Å². The number of carbonyl (C=O) groups excluding carboxylic acids is 1. The van der Waals surface area contributed by atoms with E-state index in [1.165, 1.54) is 19.1 Å². The van der Waals surface area contributed by atoms with E-state index in [2.05, 4.69) is 5.32 Å². The smallest absolute Gasteiger partial charge is 0.326 e. The second kappa shape index (κ2) is 11.2. The molecule has 0 heterocycles. The Morgan fingerprint density at radius 3 is 2.37 bits per heavy atom. The molecular weight excluding hydrogens is 406 g/mol. The number of carboxylic acids is 1. The molecule has 0 aliphatic carbocycles. The van der Waals surface area contributed by atoms with Gasteiger partial charge in [0, 0.05) is 11.8 Å². The third kappa shape index (κ3) is 8.08. The number of aliphatic carboxylic acids is 1. The summed E-state index contributed by atoms with van der Waals surface area (Å²) in [5, 5.41) is 11.5. The molecule has 1 atom stereocenters. The second-order valence-corrected chi connectivity index (χ2v) is 9.07. The molecule has 1 amide bonds. The summed E-state index contributed by atoms with van der Waals surface area (Å²) in [6.07, 6.45) is 2.57. The first-order chi connectivity index (χ1) is 14.3. The van der Waals surface area contributed by atoms with Crippen LogP contribution in [-0.2, 0) is 26.0 Å². The van der Waals surface area contributed by atoms with E-state index in [0.29, 0.717) is 12.4 Å². The lowest BCUT2D eigenvalue weighted by Crippen LogP contribution is -2.41. The number of sulfone groups is 1. The molecule has 0 aliphatic rings. The summed E-state index contributed by atoms with van der Waals surface area (Å²) in [7, 11) is -3.31. The molecule has 2 aromatic carbocycles. The van der Waals surface area contributed by atoms with Gasteiger partial charge >= 0.3 is 5.97 Å². The molecule has 2 rings (SSSR count). The van der Waals surface area contributed by atoms with E-state index < -0.39 is 27.8 Å². The van der Waals surface area contributed by atoms with Crippen LogP contribution in [0.25, 0.3) is 6.08 Å². The molecule has 8 heteroatoms. The van der Waals surface area contributed by atoms with Crippen molar-refractivity contribution in [2.75, 3.05) is 11.5 Å². The van der Waals surface area contributed by atoms with Gasteiger partial charge in [-0.05, 0) is 35.8 Å². The van der Waals surface area contributed by atoms with Gasteiger partial charge in [0.2, 0.25) is 5.91 Å². The Morgan fingerprint density at radius 2 is 1.77 bits per heavy atom. The number of rotatable bonds is 11. The summed E-state index contributed by atoms with van der Waals surface area (Å²) < 4.78 is 28.8. The van der Waals surface area contributed by atoms with Crippen LogP contribution in [0.1, 0.15) is 24.5 Å². The van der Waals surface area contributed by atoms with Gasteiger partial charge < -0.3 is 15.2 Å². The van der Waals surface area contributed by atoms with Gasteiger partial charge in [-0.25, -0.2) is 13.2 Å². The molecule has 0 spiro atoms. The predicted octanol–water partition coefficient (Wildman–Crippen LogP) is 2.67. The van der Waals surface area contributed by atoms with E-state index in [-0.39, 0.29) is 17.9 Å². The lowest BCUT2D eigenvalue weighted by atomic mass is 10.2. The van der Waals surface area contributed by atoms with Crippen molar-refractivity contribution >= 4 is 27.8 Å². The molecule has 2 aromatic rings. The molecule has 0 radical (unpaired) electrons. The van der Waals surface area contributed by atoms with E-state index in [1.807, 2.05) is 30.3 Å². The summed E-state index contributed by atoms with van der Waals surface area (Å²) in [6.45, 7) is 1.94. The Labute approximate surface area is 176 Å². The van der Waals surface area contributed by atoms with Crippen molar-refractivity contribution in [2.24, 2.45) is 0 Å². The van der Waals surface area contributed by atoms with E-state index >= 15 is 0 Å². The van der Waals surface area contributed by atoms with Crippen molar-refractivity contribution in [3.63, 3.8) is 0 Å². The number of carboxylic acid groups (broad SMARTS) is 1. The molecule has 1 unspecified atom stereocenters. The molecule has 0 saturated heterocycles. The van der Waals surface area contributed by atoms with Crippen molar-refractivity contribution in [3.05, 3.63) is 71.8 Å². The molecule has 30 heavy (non-hydrogen) atoms. The second-order valence-electron chi connectivity index (χ2n) is 6.60. The van der Waals surface area contributed by atoms with Crippen molar-refractivity contribution in [2.45, 2.75) is 26.0 Å². The minimum absolute atomic E-state index is 0.0712. The summed E-state index contributed by atoms with van der Waals surface area (Å²) in [6, 6.07) is 15.6. The largest absolute Gasteiger partial charge is 0.489 e. The number of nitrogens with one attached hydrogen (secondary N) is 1. The third-order valence-electron chi connectivity index (χ3n) is 4.33. The monoisotopic (exact) mass is 431 g/mol. The van der Waals surface area contributed by atoms with E-state index in [1.54, 1.807) is 24.3 Å². The Balaban J connectivity index is 1.87. The average molecular weight is 432 g/mol. The Hall–Kier alpha value is -3.13. The van der Waals surface area contributed by atoms with Crippen molar-refractivity contribution in [3.8, 4) is 5.75 Å². The van der Waals surface area contributed by atoms with Crippen LogP contribution in [0.15, 0.2) is 60.7 Å². The Bertz CT molecular complexity index is 968. The van der Waals surface area contributed by atoms with Crippen LogP contribution in [0.3, 0.4) is 0 Å². The summed E-state index contributed by atoms with van der Waals surface area (Å²) in [5.41, 5.74) is 1.79. The van der Waals surface area contributed by atoms with E-state index in [4.69, 9.17) is 4.74 Å². The molecule has 0 fully saturated rings. The molecule has 2 N–H and O–H groups in total. The maximum atomic E-state index is 12.0. The standard InChI is InChI=1S/C22H25NO6S/c1-2-30(27,28)15-14-20(22(25)26)23-21(24)13-10-17-8-11-19(12-9-17)29-16-18-6-4-3-5-7-18/h3-13,20H,2,14-16H2,1H3,(H,23,24)(H,25,26)/b13-10+. The number of hydrogen-bond acceptors (Lipinski definition) is 5. The van der Waals surface area contributed by atoms with Crippen molar-refractivity contribution in [1.29, 1.82) is 0 Å². The summed E-state index contributed by atoms with van der Waals surface area (Å²) in [5.74, 6) is -1.57. The fourth-order valence-corrected chi connectivity index (χ4v) is 3.39. The molecule has 0 aromatic heterocycles. The number of carbonyl (C=O) groups is 2. The highest BCUT2D eigenvalue weighted by molar-refractivity contribution is 7.91. The number of amides is 1. The quantitative estimate of drug-likeness (QED) is 0.530. The lowest BCUT2D eigenvalue weighted by molar-refractivity contribution is -0.141. The summed E-state index contributed by atoms with van der Waals surface area (Å²) in [4.78, 5) is 23.3. The van der Waals surface area contributed by atoms with Crippen LogP contribution in [0.2, 0.25) is 0 Å². The highest BCUT2D eigenvalue weighted by atomic mass is 32.2. The molecular formula is C22H25NO6S. The number of benzene rings is 2. The first-order valence-corrected chi connectivity index (χ1v) is 11.3. The van der Waals surface area contributed by atoms with Gasteiger partial charge in [-0.1, -0.05) is 49.4 Å². The minimum Gasteiger partial charge on any atom is -0.489 e. The van der Waals surface area contributed by atoms with Crippen LogP contribution >= 0.6 is 0 Å². The molecule has 7 nitrogen and oxygen atoms in total. The number of ether oxygens (including phenoxy) is 1. The molecule has 0 aliphatic heterocycles. The zero-order chi connectivity index (χ0) is 22.0. The maximum Gasteiger partial charge on any atom is 0.326 e. The van der Waals surface area contributed by atoms with Crippen LogP contribution in [0.5, 0.6) is 5.75 Å². The van der Waals surface area contributed by atoms with Gasteiger partial charge in [-0.15, -0.1) is 0 Å². The zero-order valence-electron chi connectivity index (χ0n) is 16.7. The van der Waals surface area contributed by atoms with Crippen LogP contribution in [-0.4, -0.2) is 42.9 Å². The van der Waals surface area contributed by atoms with Crippen LogP contribution < -0.4 is 10.1 Å². The SMILES string of the molecule is CCS(=O)(=O)CCC(NC(=O)/C=C/c1ccc(OCc2ccccc2)cc1)C(=O)O. The van der Waals surface area contributed by atoms with Crippen molar-refractivity contribution in [1.82, 2.24) is 5.32 Å². The summed E-state index contributed by atoms with van der Waals surface area (Å²) >= 11 is 0. The van der Waals surface area contributed by atoms with E-state index in [9.17, 15) is 23.1 Å². The first kappa shape index (κ1) is 23.2. The molecule has 0 saturated carbocycles. The highest BCUT2D eigenvalue weighted by Crippen LogP contribution is 2.15. The predicted molar refractivity (Wildman–Crippen MR) is 115 cm³/mol. The van der Waals surface area contributed by atoms with Gasteiger partial charge in [-0.3, -0.25) is 4.79 Å². The molecule has 160 valence electrons. The normalized spacial score (nSPS) is 12.4. The fourth-order valence-electron chi connectivity index (χ4n) is 2.51. The van der Waals surface area contributed by atoms with E-state index in [0.717, 1.165) is 11.1 Å². The first-order valence-electron chi connectivity index (χ1n) is 9.47. The van der Waals surface area contributed by atoms with Crippen LogP contribution in [0, 0.1) is 0 Å². The van der Waals surface area contributed by atoms with Crippen LogP contribution in [0.4, 0.5) is 0 Å². The van der Waals surface area contributed by atoms with Crippen molar-refractivity contribution < 1.29 is 27.9 Å². The third-order valence-corrected chi connectivity index (χ3v) is 6.06. The van der Waals surface area contributed by atoms with Gasteiger partial charge in [0.1, 0.15) is 28.2 Å².